The van der Waals surface area contributed by atoms with Crippen LogP contribution in [0.15, 0.2) is 24.3 Å². The largest absolute Gasteiger partial charge is 0.381 e. The van der Waals surface area contributed by atoms with E-state index in [2.05, 4.69) is 24.4 Å². The average molecular weight is 308 g/mol. The molecule has 21 heavy (non-hydrogen) atoms. The molecule has 2 aliphatic heterocycles. The first-order valence-corrected chi connectivity index (χ1v) is 8.07. The number of hydrogen-bond acceptors (Lipinski definition) is 3. The third-order valence-electron chi connectivity index (χ3n) is 5.04. The first-order chi connectivity index (χ1) is 10.1. The molecule has 0 bridgehead atoms. The van der Waals surface area contributed by atoms with Gasteiger partial charge in [0.25, 0.3) is 0 Å². The zero-order valence-electron chi connectivity index (χ0n) is 12.4. The summed E-state index contributed by atoms with van der Waals surface area (Å²) in [6.45, 7) is 5.16. The van der Waals surface area contributed by atoms with E-state index in [0.717, 1.165) is 31.0 Å². The standard InChI is InChI=1S/C17H22ClNO2/c1-17(16(20)13-6-8-21-9-7-13)11-19-10-15(17)12-2-4-14(18)5-3-12/h2-5,13,15,19H,6-11H2,1H3/t15-,17-/m1/s1. The van der Waals surface area contributed by atoms with Gasteiger partial charge in [-0.1, -0.05) is 30.7 Å². The summed E-state index contributed by atoms with van der Waals surface area (Å²) in [7, 11) is 0. The third-order valence-corrected chi connectivity index (χ3v) is 5.29. The molecule has 0 spiro atoms. The van der Waals surface area contributed by atoms with Crippen molar-refractivity contribution in [2.45, 2.75) is 25.7 Å². The SMILES string of the molecule is C[C@@]1(C(=O)C2CCOCC2)CNC[C@@H]1c1ccc(Cl)cc1. The molecule has 4 heteroatoms. The van der Waals surface area contributed by atoms with Gasteiger partial charge in [-0.2, -0.15) is 0 Å². The Morgan fingerprint density at radius 2 is 1.95 bits per heavy atom. The van der Waals surface area contributed by atoms with Crippen LogP contribution in [0.2, 0.25) is 5.02 Å². The zero-order chi connectivity index (χ0) is 14.9. The molecule has 2 aliphatic rings. The number of halogens is 1. The number of carbonyl (C=O) groups excluding carboxylic acids is 1. The molecule has 0 aliphatic carbocycles. The number of nitrogens with one attached hydrogen (secondary N) is 1. The van der Waals surface area contributed by atoms with Crippen molar-refractivity contribution in [2.24, 2.45) is 11.3 Å². The van der Waals surface area contributed by atoms with Gasteiger partial charge < -0.3 is 10.1 Å². The maximum Gasteiger partial charge on any atom is 0.143 e. The molecule has 1 aromatic carbocycles. The molecule has 0 unspecified atom stereocenters. The molecule has 3 rings (SSSR count). The van der Waals surface area contributed by atoms with E-state index in [1.54, 1.807) is 0 Å². The van der Waals surface area contributed by atoms with Crippen molar-refractivity contribution in [3.05, 3.63) is 34.9 Å². The van der Waals surface area contributed by atoms with Crippen LogP contribution in [0, 0.1) is 11.3 Å². The van der Waals surface area contributed by atoms with Crippen molar-refractivity contribution in [3.63, 3.8) is 0 Å². The predicted molar refractivity (Wildman–Crippen MR) is 83.7 cm³/mol. The molecule has 1 N–H and O–H groups in total. The van der Waals surface area contributed by atoms with Gasteiger partial charge in [-0.05, 0) is 30.5 Å². The normalized spacial score (nSPS) is 30.5. The van der Waals surface area contributed by atoms with E-state index >= 15 is 0 Å². The van der Waals surface area contributed by atoms with Gasteiger partial charge in [0.15, 0.2) is 0 Å². The van der Waals surface area contributed by atoms with Crippen molar-refractivity contribution >= 4 is 17.4 Å². The minimum Gasteiger partial charge on any atom is -0.381 e. The van der Waals surface area contributed by atoms with Crippen molar-refractivity contribution in [2.75, 3.05) is 26.3 Å². The van der Waals surface area contributed by atoms with E-state index in [1.807, 2.05) is 12.1 Å². The Morgan fingerprint density at radius 3 is 2.62 bits per heavy atom. The molecule has 2 fully saturated rings. The Balaban J connectivity index is 1.83. The van der Waals surface area contributed by atoms with Crippen molar-refractivity contribution in [3.8, 4) is 0 Å². The van der Waals surface area contributed by atoms with Crippen LogP contribution in [0.4, 0.5) is 0 Å². The monoisotopic (exact) mass is 307 g/mol. The molecule has 2 saturated heterocycles. The van der Waals surface area contributed by atoms with Gasteiger partial charge in [-0.25, -0.2) is 0 Å². The van der Waals surface area contributed by atoms with Gasteiger partial charge in [-0.3, -0.25) is 4.79 Å². The Bertz CT molecular complexity index is 510. The molecular weight excluding hydrogens is 286 g/mol. The first-order valence-electron chi connectivity index (χ1n) is 7.69. The van der Waals surface area contributed by atoms with Crippen LogP contribution in [-0.2, 0) is 9.53 Å². The fraction of sp³-hybridized carbons (Fsp3) is 0.588. The summed E-state index contributed by atoms with van der Waals surface area (Å²) in [6, 6.07) is 7.92. The average Bonchev–Trinajstić information content (AvgIpc) is 2.91. The second kappa shape index (κ2) is 6.07. The van der Waals surface area contributed by atoms with E-state index in [4.69, 9.17) is 16.3 Å². The minimum absolute atomic E-state index is 0.151. The highest BCUT2D eigenvalue weighted by atomic mass is 35.5. The summed E-state index contributed by atoms with van der Waals surface area (Å²) in [5, 5.41) is 4.15. The fourth-order valence-electron chi connectivity index (χ4n) is 3.69. The third kappa shape index (κ3) is 2.87. The number of ketones is 1. The van der Waals surface area contributed by atoms with Gasteiger partial charge in [0, 0.05) is 48.6 Å². The highest BCUT2D eigenvalue weighted by molar-refractivity contribution is 6.30. The van der Waals surface area contributed by atoms with E-state index in [-0.39, 0.29) is 17.3 Å². The Labute approximate surface area is 131 Å². The molecule has 1 aromatic rings. The molecule has 0 saturated carbocycles. The highest BCUT2D eigenvalue weighted by Crippen LogP contribution is 2.43. The molecule has 2 heterocycles. The lowest BCUT2D eigenvalue weighted by Gasteiger charge is -2.34. The summed E-state index contributed by atoms with van der Waals surface area (Å²) in [5.74, 6) is 0.777. The van der Waals surface area contributed by atoms with E-state index < -0.39 is 0 Å². The number of carbonyl (C=O) groups is 1. The van der Waals surface area contributed by atoms with Crippen LogP contribution >= 0.6 is 11.6 Å². The topological polar surface area (TPSA) is 38.3 Å². The van der Waals surface area contributed by atoms with E-state index in [0.29, 0.717) is 19.0 Å². The summed E-state index contributed by atoms with van der Waals surface area (Å²) >= 11 is 5.98. The van der Waals surface area contributed by atoms with Gasteiger partial charge in [0.2, 0.25) is 0 Å². The Kier molecular flexibility index (Phi) is 4.34. The number of rotatable bonds is 3. The van der Waals surface area contributed by atoms with Crippen LogP contribution < -0.4 is 5.32 Å². The van der Waals surface area contributed by atoms with Crippen LogP contribution in [-0.4, -0.2) is 32.1 Å². The van der Waals surface area contributed by atoms with Crippen LogP contribution in [0.25, 0.3) is 0 Å². The Hall–Kier alpha value is -0.900. The van der Waals surface area contributed by atoms with Crippen molar-refractivity contribution in [1.82, 2.24) is 5.32 Å². The van der Waals surface area contributed by atoms with Gasteiger partial charge >= 0.3 is 0 Å². The predicted octanol–water partition coefficient (Wildman–Crippen LogP) is 3.03. The van der Waals surface area contributed by atoms with Crippen LogP contribution in [0.3, 0.4) is 0 Å². The molecule has 3 nitrogen and oxygen atoms in total. The molecule has 114 valence electrons. The lowest BCUT2D eigenvalue weighted by molar-refractivity contribution is -0.134. The highest BCUT2D eigenvalue weighted by Gasteiger charge is 2.47. The minimum atomic E-state index is -0.324. The first kappa shape index (κ1) is 15.0. The summed E-state index contributed by atoms with van der Waals surface area (Å²) in [4.78, 5) is 13.1. The lowest BCUT2D eigenvalue weighted by Crippen LogP contribution is -2.41. The van der Waals surface area contributed by atoms with Crippen LogP contribution in [0.5, 0.6) is 0 Å². The number of ether oxygens (including phenoxy) is 1. The second-order valence-electron chi connectivity index (χ2n) is 6.40. The molecular formula is C17H22ClNO2. The molecule has 0 aromatic heterocycles. The van der Waals surface area contributed by atoms with Crippen LogP contribution in [0.1, 0.15) is 31.2 Å². The Morgan fingerprint density at radius 1 is 1.29 bits per heavy atom. The number of hydrogen-bond donors (Lipinski definition) is 1. The molecule has 0 amide bonds. The van der Waals surface area contributed by atoms with Crippen molar-refractivity contribution < 1.29 is 9.53 Å². The summed E-state index contributed by atoms with van der Waals surface area (Å²) < 4.78 is 5.39. The zero-order valence-corrected chi connectivity index (χ0v) is 13.2. The molecule has 0 radical (unpaired) electrons. The van der Waals surface area contributed by atoms with Gasteiger partial charge in [-0.15, -0.1) is 0 Å². The molecule has 2 atom stereocenters. The lowest BCUT2D eigenvalue weighted by atomic mass is 9.68. The summed E-state index contributed by atoms with van der Waals surface area (Å²) in [6.07, 6.45) is 1.73. The van der Waals surface area contributed by atoms with Gasteiger partial charge in [0.1, 0.15) is 5.78 Å². The smallest absolute Gasteiger partial charge is 0.143 e. The number of Topliss-reactive ketones (excluding diaryl/α,β-unsaturated/α-hetero) is 1. The fourth-order valence-corrected chi connectivity index (χ4v) is 3.82. The van der Waals surface area contributed by atoms with Gasteiger partial charge in [0.05, 0.1) is 0 Å². The van der Waals surface area contributed by atoms with Crippen molar-refractivity contribution in [1.29, 1.82) is 0 Å². The quantitative estimate of drug-likeness (QED) is 0.933. The van der Waals surface area contributed by atoms with E-state index in [1.165, 1.54) is 5.56 Å². The number of benzene rings is 1. The second-order valence-corrected chi connectivity index (χ2v) is 6.84. The van der Waals surface area contributed by atoms with E-state index in [9.17, 15) is 4.79 Å². The summed E-state index contributed by atoms with van der Waals surface area (Å²) in [5.41, 5.74) is 0.878. The maximum absolute atomic E-state index is 13.1. The maximum atomic E-state index is 13.1.